The van der Waals surface area contributed by atoms with Crippen LogP contribution in [0.3, 0.4) is 0 Å². The predicted molar refractivity (Wildman–Crippen MR) is 131 cm³/mol. The Balaban J connectivity index is 1.69. The number of nitriles is 1. The Morgan fingerprint density at radius 1 is 1.26 bits per heavy atom. The zero-order valence-corrected chi connectivity index (χ0v) is 20.5. The van der Waals surface area contributed by atoms with Gasteiger partial charge in [-0.3, -0.25) is 9.59 Å². The molecule has 1 saturated carbocycles. The van der Waals surface area contributed by atoms with Gasteiger partial charge in [-0.15, -0.1) is 0 Å². The van der Waals surface area contributed by atoms with E-state index in [2.05, 4.69) is 21.7 Å². The first-order valence-electron chi connectivity index (χ1n) is 11.4. The maximum absolute atomic E-state index is 12.7. The van der Waals surface area contributed by atoms with Gasteiger partial charge in [0.05, 0.1) is 36.8 Å². The first-order chi connectivity index (χ1) is 16.9. The highest BCUT2D eigenvalue weighted by atomic mass is 35.5. The number of hydrogen-bond donors (Lipinski definition) is 3. The fraction of sp³-hybridized carbons (Fsp3) is 0.440. The summed E-state index contributed by atoms with van der Waals surface area (Å²) >= 11 is 6.18. The van der Waals surface area contributed by atoms with Crippen LogP contribution in [0.25, 0.3) is 0 Å². The van der Waals surface area contributed by atoms with Gasteiger partial charge < -0.3 is 25.2 Å². The van der Waals surface area contributed by atoms with Crippen molar-refractivity contribution in [2.75, 3.05) is 32.7 Å². The predicted octanol–water partition coefficient (Wildman–Crippen LogP) is 4.04. The van der Waals surface area contributed by atoms with Crippen LogP contribution in [0.15, 0.2) is 30.5 Å². The lowest BCUT2D eigenvalue weighted by atomic mass is 9.82. The Morgan fingerprint density at radius 2 is 2.00 bits per heavy atom. The van der Waals surface area contributed by atoms with Gasteiger partial charge in [0.2, 0.25) is 0 Å². The molecule has 0 spiro atoms. The minimum absolute atomic E-state index is 0.210. The van der Waals surface area contributed by atoms with Gasteiger partial charge in [0.1, 0.15) is 17.6 Å². The molecule has 3 rings (SSSR count). The van der Waals surface area contributed by atoms with Crippen molar-refractivity contribution in [3.8, 4) is 11.8 Å². The van der Waals surface area contributed by atoms with E-state index in [1.165, 1.54) is 12.3 Å². The Hall–Kier alpha value is -3.35. The first-order valence-corrected chi connectivity index (χ1v) is 11.7. The van der Waals surface area contributed by atoms with Crippen molar-refractivity contribution >= 4 is 29.3 Å². The summed E-state index contributed by atoms with van der Waals surface area (Å²) in [6, 6.07) is 8.41. The van der Waals surface area contributed by atoms with E-state index >= 15 is 0 Å². The second-order valence-corrected chi connectivity index (χ2v) is 8.97. The van der Waals surface area contributed by atoms with Crippen molar-refractivity contribution in [3.63, 3.8) is 0 Å². The topological polar surface area (TPSA) is 134 Å². The highest BCUT2D eigenvalue weighted by molar-refractivity contribution is 6.30. The highest BCUT2D eigenvalue weighted by Crippen LogP contribution is 2.32. The minimum Gasteiger partial charge on any atom is -0.496 e. The Labute approximate surface area is 209 Å². The average Bonchev–Trinajstić information content (AvgIpc) is 2.87. The molecule has 1 aromatic carbocycles. The summed E-state index contributed by atoms with van der Waals surface area (Å²) in [7, 11) is 3.12. The number of rotatable bonds is 10. The normalized spacial score (nSPS) is 18.2. The van der Waals surface area contributed by atoms with Crippen LogP contribution in [0, 0.1) is 23.2 Å². The van der Waals surface area contributed by atoms with Gasteiger partial charge in [-0.05, 0) is 55.9 Å². The molecule has 1 atom stereocenters. The largest absolute Gasteiger partial charge is 0.496 e. The van der Waals surface area contributed by atoms with Crippen molar-refractivity contribution < 1.29 is 24.2 Å². The van der Waals surface area contributed by atoms with Crippen molar-refractivity contribution in [2.24, 2.45) is 11.8 Å². The monoisotopic (exact) mass is 500 g/mol. The van der Waals surface area contributed by atoms with Gasteiger partial charge in [-0.25, -0.2) is 4.98 Å². The van der Waals surface area contributed by atoms with Crippen LogP contribution in [0.5, 0.6) is 5.75 Å². The molecule has 0 saturated heterocycles. The van der Waals surface area contributed by atoms with E-state index in [4.69, 9.17) is 26.2 Å². The van der Waals surface area contributed by atoms with Gasteiger partial charge in [0.25, 0.3) is 5.91 Å². The Kier molecular flexibility index (Phi) is 9.29. The number of carbonyl (C=O) groups excluding carboxylic acids is 1. The molecule has 35 heavy (non-hydrogen) atoms. The maximum Gasteiger partial charge on any atom is 0.306 e. The summed E-state index contributed by atoms with van der Waals surface area (Å²) in [5.41, 5.74) is 1.23. The lowest BCUT2D eigenvalue weighted by Gasteiger charge is -2.26. The fourth-order valence-electron chi connectivity index (χ4n) is 4.26. The number of carbonyl (C=O) groups is 2. The third-order valence-corrected chi connectivity index (χ3v) is 6.46. The summed E-state index contributed by atoms with van der Waals surface area (Å²) in [6.45, 7) is 0.715. The number of ether oxygens (including phenoxy) is 2. The second-order valence-electron chi connectivity index (χ2n) is 8.54. The number of aromatic nitrogens is 1. The average molecular weight is 501 g/mol. The number of benzene rings is 1. The van der Waals surface area contributed by atoms with Gasteiger partial charge >= 0.3 is 5.97 Å². The van der Waals surface area contributed by atoms with Crippen molar-refractivity contribution in [2.45, 2.75) is 31.7 Å². The third kappa shape index (κ3) is 6.84. The molecule has 1 heterocycles. The summed E-state index contributed by atoms with van der Waals surface area (Å²) in [5.74, 6) is -0.223. The Morgan fingerprint density at radius 3 is 2.63 bits per heavy atom. The van der Waals surface area contributed by atoms with Crippen LogP contribution in [0.2, 0.25) is 5.02 Å². The molecule has 0 radical (unpaired) electrons. The van der Waals surface area contributed by atoms with E-state index in [0.717, 1.165) is 18.4 Å². The number of amides is 1. The number of halogens is 1. The molecule has 9 nitrogen and oxygen atoms in total. The molecule has 1 aliphatic carbocycles. The number of methoxy groups -OCH3 is 2. The molecular weight excluding hydrogens is 472 g/mol. The smallest absolute Gasteiger partial charge is 0.306 e. The molecule has 3 N–H and O–H groups in total. The quantitative estimate of drug-likeness (QED) is 0.445. The first kappa shape index (κ1) is 26.3. The van der Waals surface area contributed by atoms with Crippen LogP contribution < -0.4 is 15.4 Å². The van der Waals surface area contributed by atoms with E-state index in [-0.39, 0.29) is 35.5 Å². The molecule has 1 amide bonds. The number of anilines is 1. The van der Waals surface area contributed by atoms with Crippen molar-refractivity contribution in [3.05, 3.63) is 52.2 Å². The maximum atomic E-state index is 12.7. The SMILES string of the molecule is COCC(Nc1ncc(C(=O)NCC2CCC(C(=O)O)CC2)cc1C#N)c1cc(Cl)ccc1OC. The zero-order valence-electron chi connectivity index (χ0n) is 19.7. The van der Waals surface area contributed by atoms with E-state index in [1.807, 2.05) is 0 Å². The molecule has 186 valence electrons. The van der Waals surface area contributed by atoms with Crippen LogP contribution in [0.4, 0.5) is 5.82 Å². The summed E-state index contributed by atoms with van der Waals surface area (Å²) in [4.78, 5) is 28.1. The highest BCUT2D eigenvalue weighted by Gasteiger charge is 2.26. The van der Waals surface area contributed by atoms with Crippen molar-refractivity contribution in [1.29, 1.82) is 5.26 Å². The molecule has 1 aliphatic rings. The van der Waals surface area contributed by atoms with Crippen molar-refractivity contribution in [1.82, 2.24) is 10.3 Å². The van der Waals surface area contributed by atoms with Crippen LogP contribution in [-0.2, 0) is 9.53 Å². The van der Waals surface area contributed by atoms with Crippen LogP contribution in [-0.4, -0.2) is 49.3 Å². The lowest BCUT2D eigenvalue weighted by Crippen LogP contribution is -2.32. The molecular formula is C25H29ClN4O5. The third-order valence-electron chi connectivity index (χ3n) is 6.23. The summed E-state index contributed by atoms with van der Waals surface area (Å²) < 4.78 is 10.8. The molecule has 10 heteroatoms. The molecule has 1 fully saturated rings. The van der Waals surface area contributed by atoms with Gasteiger partial charge in [-0.2, -0.15) is 5.26 Å². The number of aliphatic carboxylic acids is 1. The number of carboxylic acids is 1. The number of pyridine rings is 1. The summed E-state index contributed by atoms with van der Waals surface area (Å²) in [6.07, 6.45) is 4.18. The molecule has 0 bridgehead atoms. The van der Waals surface area contributed by atoms with Gasteiger partial charge in [0, 0.05) is 30.4 Å². The zero-order chi connectivity index (χ0) is 25.4. The lowest BCUT2D eigenvalue weighted by molar-refractivity contribution is -0.143. The number of hydrogen-bond acceptors (Lipinski definition) is 7. The number of carboxylic acid groups (broad SMARTS) is 1. The molecule has 2 aromatic rings. The number of nitrogens with zero attached hydrogens (tertiary/aromatic N) is 2. The van der Waals surface area contributed by atoms with Gasteiger partial charge in [0.15, 0.2) is 0 Å². The second kappa shape index (κ2) is 12.4. The van der Waals surface area contributed by atoms with Gasteiger partial charge in [-0.1, -0.05) is 11.6 Å². The molecule has 0 aliphatic heterocycles. The van der Waals surface area contributed by atoms with Crippen LogP contribution >= 0.6 is 11.6 Å². The summed E-state index contributed by atoms with van der Waals surface area (Å²) in [5, 5.41) is 25.4. The van der Waals surface area contributed by atoms with Crippen LogP contribution in [0.1, 0.15) is 53.2 Å². The van der Waals surface area contributed by atoms with E-state index in [9.17, 15) is 14.9 Å². The molecule has 1 aromatic heterocycles. The Bertz CT molecular complexity index is 1100. The standard InChI is InChI=1S/C25H29ClN4O5/c1-34-14-21(20-10-19(26)7-8-22(20)35-2)30-23-17(11-27)9-18(13-28-23)24(31)29-12-15-3-5-16(6-4-15)25(32)33/h7-10,13,15-16,21H,3-6,12,14H2,1-2H3,(H,28,30)(H,29,31)(H,32,33). The van der Waals surface area contributed by atoms with E-state index in [1.54, 1.807) is 32.4 Å². The molecule has 1 unspecified atom stereocenters. The van der Waals surface area contributed by atoms with E-state index in [0.29, 0.717) is 36.0 Å². The fourth-order valence-corrected chi connectivity index (χ4v) is 4.44. The number of nitrogens with one attached hydrogen (secondary N) is 2. The van der Waals surface area contributed by atoms with E-state index < -0.39 is 12.0 Å². The minimum atomic E-state index is -0.752.